The second kappa shape index (κ2) is 12.6. The zero-order valence-electron chi connectivity index (χ0n) is 15.4. The van der Waals surface area contributed by atoms with Gasteiger partial charge in [0.15, 0.2) is 0 Å². The van der Waals surface area contributed by atoms with Crippen molar-refractivity contribution in [1.82, 2.24) is 0 Å². The predicted octanol–water partition coefficient (Wildman–Crippen LogP) is 2.96. The second-order valence-electron chi connectivity index (χ2n) is 7.14. The highest BCUT2D eigenvalue weighted by molar-refractivity contribution is 5.13. The molecule has 1 rings (SSSR count). The van der Waals surface area contributed by atoms with Gasteiger partial charge in [0.05, 0.1) is 14.1 Å². The summed E-state index contributed by atoms with van der Waals surface area (Å²) >= 11 is 0. The standard InChI is InChI=1S/C21H36N.ClH/c1-5-7-8-9-10-11-15-18-21(6-2)22(3,4)19-20-16-13-12-14-17-20;/h6,12-14,16-17,21H,2,5,7-11,15,18-19H2,1,3-4H3;1H/q+1;/p-1. The molecular formula is C21H36ClN. The molecule has 1 unspecified atom stereocenters. The number of halogens is 1. The van der Waals surface area contributed by atoms with Crippen LogP contribution in [0.1, 0.15) is 63.9 Å². The molecule has 0 saturated carbocycles. The van der Waals surface area contributed by atoms with Crippen molar-refractivity contribution in [2.75, 3.05) is 14.1 Å². The number of unbranched alkanes of at least 4 members (excludes halogenated alkanes) is 6. The van der Waals surface area contributed by atoms with Crippen LogP contribution in [0.4, 0.5) is 0 Å². The van der Waals surface area contributed by atoms with E-state index in [1.54, 1.807) is 0 Å². The third-order valence-corrected chi connectivity index (χ3v) is 4.71. The second-order valence-corrected chi connectivity index (χ2v) is 7.14. The summed E-state index contributed by atoms with van der Waals surface area (Å²) in [6.07, 6.45) is 13.1. The molecule has 0 bridgehead atoms. The van der Waals surface area contributed by atoms with Gasteiger partial charge < -0.3 is 16.9 Å². The van der Waals surface area contributed by atoms with E-state index in [1.807, 2.05) is 0 Å². The SMILES string of the molecule is C=CC(CCCCCCCCC)[N+](C)(C)Cc1ccccc1.[Cl-]. The number of hydrogen-bond donors (Lipinski definition) is 0. The highest BCUT2D eigenvalue weighted by Crippen LogP contribution is 2.20. The fourth-order valence-electron chi connectivity index (χ4n) is 3.23. The van der Waals surface area contributed by atoms with E-state index in [0.717, 1.165) is 11.0 Å². The van der Waals surface area contributed by atoms with Crippen LogP contribution in [0.25, 0.3) is 0 Å². The zero-order chi connectivity index (χ0) is 16.3. The Kier molecular flexibility index (Phi) is 12.2. The maximum Gasteiger partial charge on any atom is 0.107 e. The molecule has 1 atom stereocenters. The summed E-state index contributed by atoms with van der Waals surface area (Å²) in [7, 11) is 4.67. The Hall–Kier alpha value is -0.790. The molecule has 0 amide bonds. The molecule has 0 aliphatic carbocycles. The van der Waals surface area contributed by atoms with Gasteiger partial charge in [-0.1, -0.05) is 82.4 Å². The van der Waals surface area contributed by atoms with Crippen LogP contribution in [0.15, 0.2) is 43.0 Å². The molecular weight excluding hydrogens is 302 g/mol. The van der Waals surface area contributed by atoms with E-state index in [1.165, 1.54) is 56.9 Å². The molecule has 0 N–H and O–H groups in total. The smallest absolute Gasteiger partial charge is 0.107 e. The molecule has 0 spiro atoms. The summed E-state index contributed by atoms with van der Waals surface area (Å²) in [6.45, 7) is 7.45. The van der Waals surface area contributed by atoms with E-state index < -0.39 is 0 Å². The number of rotatable bonds is 12. The minimum Gasteiger partial charge on any atom is -1.00 e. The van der Waals surface area contributed by atoms with Gasteiger partial charge in [-0.2, -0.15) is 0 Å². The van der Waals surface area contributed by atoms with E-state index in [-0.39, 0.29) is 12.4 Å². The first-order valence-electron chi connectivity index (χ1n) is 9.09. The molecule has 0 aliphatic rings. The number of benzene rings is 1. The van der Waals surface area contributed by atoms with Crippen LogP contribution in [-0.2, 0) is 6.54 Å². The van der Waals surface area contributed by atoms with Crippen molar-refractivity contribution in [1.29, 1.82) is 0 Å². The summed E-state index contributed by atoms with van der Waals surface area (Å²) in [5.41, 5.74) is 1.42. The number of quaternary nitrogens is 1. The molecule has 0 fully saturated rings. The van der Waals surface area contributed by atoms with Gasteiger partial charge >= 0.3 is 0 Å². The van der Waals surface area contributed by atoms with E-state index in [4.69, 9.17) is 0 Å². The van der Waals surface area contributed by atoms with E-state index in [0.29, 0.717) is 6.04 Å². The Morgan fingerprint density at radius 3 is 2.09 bits per heavy atom. The van der Waals surface area contributed by atoms with Gasteiger partial charge in [0.25, 0.3) is 0 Å². The summed E-state index contributed by atoms with van der Waals surface area (Å²) in [5.74, 6) is 0. The van der Waals surface area contributed by atoms with Crippen LogP contribution in [0, 0.1) is 0 Å². The minimum atomic E-state index is 0. The molecule has 0 radical (unpaired) electrons. The van der Waals surface area contributed by atoms with Crippen LogP contribution in [0.3, 0.4) is 0 Å². The van der Waals surface area contributed by atoms with Gasteiger partial charge in [0.1, 0.15) is 12.6 Å². The lowest BCUT2D eigenvalue weighted by atomic mass is 10.0. The highest BCUT2D eigenvalue weighted by atomic mass is 35.5. The number of hydrogen-bond acceptors (Lipinski definition) is 0. The average molecular weight is 338 g/mol. The monoisotopic (exact) mass is 337 g/mol. The van der Waals surface area contributed by atoms with Gasteiger partial charge in [0, 0.05) is 12.0 Å². The third kappa shape index (κ3) is 9.17. The first-order valence-corrected chi connectivity index (χ1v) is 9.09. The van der Waals surface area contributed by atoms with Crippen LogP contribution in [-0.4, -0.2) is 24.6 Å². The minimum absolute atomic E-state index is 0. The molecule has 0 heterocycles. The van der Waals surface area contributed by atoms with Gasteiger partial charge in [-0.15, -0.1) is 0 Å². The van der Waals surface area contributed by atoms with Crippen molar-refractivity contribution in [2.45, 2.75) is 70.9 Å². The zero-order valence-corrected chi connectivity index (χ0v) is 16.2. The summed E-state index contributed by atoms with van der Waals surface area (Å²) in [6, 6.07) is 11.4. The summed E-state index contributed by atoms with van der Waals surface area (Å²) < 4.78 is 1.00. The lowest BCUT2D eigenvalue weighted by molar-refractivity contribution is -0.921. The normalized spacial score (nSPS) is 12.5. The van der Waals surface area contributed by atoms with Crippen LogP contribution < -0.4 is 12.4 Å². The molecule has 2 heteroatoms. The first kappa shape index (κ1) is 22.2. The van der Waals surface area contributed by atoms with Gasteiger partial charge in [0.2, 0.25) is 0 Å². The van der Waals surface area contributed by atoms with Gasteiger partial charge in [-0.25, -0.2) is 0 Å². The topological polar surface area (TPSA) is 0 Å². The molecule has 23 heavy (non-hydrogen) atoms. The van der Waals surface area contributed by atoms with Crippen LogP contribution >= 0.6 is 0 Å². The molecule has 132 valence electrons. The predicted molar refractivity (Wildman–Crippen MR) is 98.8 cm³/mol. The van der Waals surface area contributed by atoms with Crippen molar-refractivity contribution < 1.29 is 16.9 Å². The Labute approximate surface area is 150 Å². The Balaban J connectivity index is 0.00000484. The van der Waals surface area contributed by atoms with Crippen molar-refractivity contribution >= 4 is 0 Å². The van der Waals surface area contributed by atoms with Crippen LogP contribution in [0.5, 0.6) is 0 Å². The molecule has 1 aromatic rings. The fraction of sp³-hybridized carbons (Fsp3) is 0.619. The van der Waals surface area contributed by atoms with Gasteiger partial charge in [-0.3, -0.25) is 0 Å². The number of nitrogens with zero attached hydrogens (tertiary/aromatic N) is 1. The van der Waals surface area contributed by atoms with E-state index in [2.05, 4.69) is 64.0 Å². The third-order valence-electron chi connectivity index (χ3n) is 4.71. The van der Waals surface area contributed by atoms with Crippen LogP contribution in [0.2, 0.25) is 0 Å². The first-order chi connectivity index (χ1) is 10.6. The lowest BCUT2D eigenvalue weighted by Gasteiger charge is -2.37. The number of likely N-dealkylation sites (N-methyl/N-ethyl adjacent to an activating group) is 1. The largest absolute Gasteiger partial charge is 1.00 e. The maximum atomic E-state index is 4.09. The molecule has 1 aromatic carbocycles. The van der Waals surface area contributed by atoms with E-state index >= 15 is 0 Å². The van der Waals surface area contributed by atoms with Crippen molar-refractivity contribution in [3.8, 4) is 0 Å². The van der Waals surface area contributed by atoms with Gasteiger partial charge in [-0.05, 0) is 12.5 Å². The average Bonchev–Trinajstić information content (AvgIpc) is 2.50. The van der Waals surface area contributed by atoms with E-state index in [9.17, 15) is 0 Å². The molecule has 1 nitrogen and oxygen atoms in total. The maximum absolute atomic E-state index is 4.09. The molecule has 0 aliphatic heterocycles. The highest BCUT2D eigenvalue weighted by Gasteiger charge is 2.25. The Bertz CT molecular complexity index is 400. The van der Waals surface area contributed by atoms with Crippen molar-refractivity contribution in [3.05, 3.63) is 48.6 Å². The Morgan fingerprint density at radius 2 is 1.52 bits per heavy atom. The quantitative estimate of drug-likeness (QED) is 0.312. The Morgan fingerprint density at radius 1 is 0.957 bits per heavy atom. The van der Waals surface area contributed by atoms with Crippen molar-refractivity contribution in [3.63, 3.8) is 0 Å². The summed E-state index contributed by atoms with van der Waals surface area (Å²) in [4.78, 5) is 0. The molecule has 0 saturated heterocycles. The lowest BCUT2D eigenvalue weighted by Crippen LogP contribution is -3.00. The fourth-order valence-corrected chi connectivity index (χ4v) is 3.23. The molecule has 0 aromatic heterocycles. The summed E-state index contributed by atoms with van der Waals surface area (Å²) in [5, 5.41) is 0. The van der Waals surface area contributed by atoms with Crippen molar-refractivity contribution in [2.24, 2.45) is 0 Å².